The molecule has 1 aliphatic rings. The summed E-state index contributed by atoms with van der Waals surface area (Å²) in [4.78, 5) is 11.8. The Bertz CT molecular complexity index is 176. The van der Waals surface area contributed by atoms with Crippen LogP contribution >= 0.6 is 0 Å². The molecule has 1 nitrogen and oxygen atoms in total. The van der Waals surface area contributed by atoms with Gasteiger partial charge in [-0.05, 0) is 25.2 Å². The Morgan fingerprint density at radius 2 is 1.73 bits per heavy atom. The standard InChI is InChI=1S/C14H26O/c1-3-13(4-2)14(15)11-10-12-8-6-5-7-9-12/h12-13H,3-11H2,1-2H3. The van der Waals surface area contributed by atoms with Gasteiger partial charge in [0.05, 0.1) is 0 Å². The van der Waals surface area contributed by atoms with E-state index >= 15 is 0 Å². The largest absolute Gasteiger partial charge is 0.299 e. The van der Waals surface area contributed by atoms with Crippen LogP contribution < -0.4 is 0 Å². The first-order chi connectivity index (χ1) is 7.27. The Hall–Kier alpha value is -0.330. The first-order valence-electron chi connectivity index (χ1n) is 6.80. The van der Waals surface area contributed by atoms with Crippen molar-refractivity contribution < 1.29 is 4.79 Å². The van der Waals surface area contributed by atoms with E-state index in [0.29, 0.717) is 11.7 Å². The number of hydrogen-bond acceptors (Lipinski definition) is 1. The lowest BCUT2D eigenvalue weighted by atomic mass is 9.84. The van der Waals surface area contributed by atoms with Crippen LogP contribution in [0, 0.1) is 11.8 Å². The van der Waals surface area contributed by atoms with Crippen molar-refractivity contribution >= 4 is 5.78 Å². The summed E-state index contributed by atoms with van der Waals surface area (Å²) in [5.74, 6) is 1.72. The molecule has 0 atom stereocenters. The van der Waals surface area contributed by atoms with E-state index in [9.17, 15) is 4.79 Å². The van der Waals surface area contributed by atoms with Gasteiger partial charge < -0.3 is 0 Å². The fourth-order valence-electron chi connectivity index (χ4n) is 2.77. The zero-order chi connectivity index (χ0) is 11.1. The Morgan fingerprint density at radius 1 is 1.13 bits per heavy atom. The summed E-state index contributed by atoms with van der Waals surface area (Å²) in [6, 6.07) is 0. The molecule has 1 saturated carbocycles. The molecule has 88 valence electrons. The van der Waals surface area contributed by atoms with Crippen molar-refractivity contribution in [1.82, 2.24) is 0 Å². The third kappa shape index (κ3) is 4.36. The van der Waals surface area contributed by atoms with E-state index in [4.69, 9.17) is 0 Å². The minimum atomic E-state index is 0.341. The molecular weight excluding hydrogens is 184 g/mol. The van der Waals surface area contributed by atoms with Crippen molar-refractivity contribution in [1.29, 1.82) is 0 Å². The predicted molar refractivity (Wildman–Crippen MR) is 64.9 cm³/mol. The molecule has 0 aromatic rings. The zero-order valence-corrected chi connectivity index (χ0v) is 10.4. The highest BCUT2D eigenvalue weighted by molar-refractivity contribution is 5.80. The third-order valence-corrected chi connectivity index (χ3v) is 3.96. The molecule has 15 heavy (non-hydrogen) atoms. The van der Waals surface area contributed by atoms with Crippen LogP contribution in [0.2, 0.25) is 0 Å². The summed E-state index contributed by atoms with van der Waals surface area (Å²) < 4.78 is 0. The van der Waals surface area contributed by atoms with Crippen LogP contribution in [-0.4, -0.2) is 5.78 Å². The van der Waals surface area contributed by atoms with Gasteiger partial charge in [-0.15, -0.1) is 0 Å². The predicted octanol–water partition coefficient (Wildman–Crippen LogP) is 4.35. The Morgan fingerprint density at radius 3 is 2.27 bits per heavy atom. The SMILES string of the molecule is CCC(CC)C(=O)CCC1CCCCC1. The highest BCUT2D eigenvalue weighted by Gasteiger charge is 2.18. The molecule has 0 amide bonds. The van der Waals surface area contributed by atoms with Crippen LogP contribution in [0.25, 0.3) is 0 Å². The first-order valence-corrected chi connectivity index (χ1v) is 6.80. The minimum absolute atomic E-state index is 0.341. The Balaban J connectivity index is 2.20. The van der Waals surface area contributed by atoms with Gasteiger partial charge in [-0.25, -0.2) is 0 Å². The van der Waals surface area contributed by atoms with Crippen LogP contribution in [0.3, 0.4) is 0 Å². The van der Waals surface area contributed by atoms with Crippen molar-refractivity contribution in [3.8, 4) is 0 Å². The van der Waals surface area contributed by atoms with Crippen molar-refractivity contribution in [2.24, 2.45) is 11.8 Å². The second-order valence-electron chi connectivity index (χ2n) is 5.02. The number of hydrogen-bond donors (Lipinski definition) is 0. The van der Waals surface area contributed by atoms with E-state index in [-0.39, 0.29) is 0 Å². The molecule has 1 fully saturated rings. The second-order valence-corrected chi connectivity index (χ2v) is 5.02. The monoisotopic (exact) mass is 210 g/mol. The van der Waals surface area contributed by atoms with Crippen LogP contribution in [-0.2, 0) is 4.79 Å². The number of Topliss-reactive ketones (excluding diaryl/α,β-unsaturated/α-hetero) is 1. The number of carbonyl (C=O) groups excluding carboxylic acids is 1. The lowest BCUT2D eigenvalue weighted by Gasteiger charge is -2.21. The molecule has 0 radical (unpaired) electrons. The van der Waals surface area contributed by atoms with Crippen LogP contribution in [0.4, 0.5) is 0 Å². The molecule has 0 unspecified atom stereocenters. The quantitative estimate of drug-likeness (QED) is 0.637. The fourth-order valence-corrected chi connectivity index (χ4v) is 2.77. The van der Waals surface area contributed by atoms with Crippen LogP contribution in [0.15, 0.2) is 0 Å². The van der Waals surface area contributed by atoms with Gasteiger partial charge in [-0.1, -0.05) is 46.0 Å². The molecule has 0 heterocycles. The second kappa shape index (κ2) is 7.03. The Labute approximate surface area is 94.6 Å². The van der Waals surface area contributed by atoms with E-state index < -0.39 is 0 Å². The smallest absolute Gasteiger partial charge is 0.135 e. The van der Waals surface area contributed by atoms with Crippen molar-refractivity contribution in [2.45, 2.75) is 71.6 Å². The molecule has 0 N–H and O–H groups in total. The normalized spacial score (nSPS) is 18.3. The summed E-state index contributed by atoms with van der Waals surface area (Å²) >= 11 is 0. The highest BCUT2D eigenvalue weighted by atomic mass is 16.1. The van der Waals surface area contributed by atoms with Gasteiger partial charge in [0, 0.05) is 12.3 Å². The van der Waals surface area contributed by atoms with Gasteiger partial charge in [-0.2, -0.15) is 0 Å². The number of ketones is 1. The van der Waals surface area contributed by atoms with Crippen LogP contribution in [0.5, 0.6) is 0 Å². The molecule has 0 aromatic carbocycles. The van der Waals surface area contributed by atoms with Crippen LogP contribution in [0.1, 0.15) is 71.6 Å². The molecule has 1 heteroatoms. The summed E-state index contributed by atoms with van der Waals surface area (Å²) in [5, 5.41) is 0. The molecule has 0 aromatic heterocycles. The summed E-state index contributed by atoms with van der Waals surface area (Å²) in [6.07, 6.45) is 11.0. The van der Waals surface area contributed by atoms with Gasteiger partial charge in [0.1, 0.15) is 5.78 Å². The first kappa shape index (κ1) is 12.7. The average molecular weight is 210 g/mol. The Kier molecular flexibility index (Phi) is 5.97. The van der Waals surface area contributed by atoms with Crippen molar-refractivity contribution in [3.05, 3.63) is 0 Å². The molecular formula is C14H26O. The maximum Gasteiger partial charge on any atom is 0.135 e. The van der Waals surface area contributed by atoms with Gasteiger partial charge in [0.2, 0.25) is 0 Å². The van der Waals surface area contributed by atoms with E-state index in [1.165, 1.54) is 32.1 Å². The maximum absolute atomic E-state index is 11.8. The lowest BCUT2D eigenvalue weighted by molar-refractivity contribution is -0.123. The van der Waals surface area contributed by atoms with Gasteiger partial charge in [0.15, 0.2) is 0 Å². The molecule has 0 aliphatic heterocycles. The minimum Gasteiger partial charge on any atom is -0.299 e. The van der Waals surface area contributed by atoms with E-state index in [0.717, 1.165) is 31.6 Å². The van der Waals surface area contributed by atoms with E-state index in [2.05, 4.69) is 13.8 Å². The average Bonchev–Trinajstić information content (AvgIpc) is 2.29. The number of carbonyl (C=O) groups is 1. The van der Waals surface area contributed by atoms with E-state index in [1.807, 2.05) is 0 Å². The summed E-state index contributed by atoms with van der Waals surface area (Å²) in [5.41, 5.74) is 0. The number of rotatable bonds is 6. The third-order valence-electron chi connectivity index (χ3n) is 3.96. The van der Waals surface area contributed by atoms with Crippen molar-refractivity contribution in [3.63, 3.8) is 0 Å². The van der Waals surface area contributed by atoms with Gasteiger partial charge in [-0.3, -0.25) is 4.79 Å². The molecule has 0 saturated heterocycles. The fraction of sp³-hybridized carbons (Fsp3) is 0.929. The lowest BCUT2D eigenvalue weighted by Crippen LogP contribution is -2.15. The highest BCUT2D eigenvalue weighted by Crippen LogP contribution is 2.28. The molecule has 0 bridgehead atoms. The van der Waals surface area contributed by atoms with E-state index in [1.54, 1.807) is 0 Å². The molecule has 1 aliphatic carbocycles. The maximum atomic E-state index is 11.8. The summed E-state index contributed by atoms with van der Waals surface area (Å²) in [6.45, 7) is 4.26. The molecule has 0 spiro atoms. The van der Waals surface area contributed by atoms with Gasteiger partial charge >= 0.3 is 0 Å². The van der Waals surface area contributed by atoms with Gasteiger partial charge in [0.25, 0.3) is 0 Å². The van der Waals surface area contributed by atoms with Crippen molar-refractivity contribution in [2.75, 3.05) is 0 Å². The zero-order valence-electron chi connectivity index (χ0n) is 10.4. The topological polar surface area (TPSA) is 17.1 Å². The summed E-state index contributed by atoms with van der Waals surface area (Å²) in [7, 11) is 0. The molecule has 1 rings (SSSR count).